The van der Waals surface area contributed by atoms with Crippen molar-refractivity contribution < 1.29 is 19.5 Å². The number of urea groups is 1. The van der Waals surface area contributed by atoms with Crippen molar-refractivity contribution in [1.29, 1.82) is 0 Å². The SMILES string of the molecule is CC(C)n1nc(C(=O)NCc2ccc(NC(=O)N(C)C)cc2)c2c1CCN(c1ccc(N3CCC(O)C3=O)cn1)C2. The summed E-state index contributed by atoms with van der Waals surface area (Å²) in [7, 11) is 3.35. The summed E-state index contributed by atoms with van der Waals surface area (Å²) in [5.74, 6) is 0.199. The first kappa shape index (κ1) is 28.1. The van der Waals surface area contributed by atoms with Crippen molar-refractivity contribution in [1.82, 2.24) is 25.0 Å². The Labute approximate surface area is 238 Å². The van der Waals surface area contributed by atoms with Crippen LogP contribution in [0.1, 0.15) is 53.6 Å². The number of carbonyl (C=O) groups excluding carboxylic acids is 3. The van der Waals surface area contributed by atoms with E-state index in [1.807, 2.05) is 28.9 Å². The molecule has 4 amide bonds. The molecule has 3 aromatic rings. The van der Waals surface area contributed by atoms with E-state index < -0.39 is 6.10 Å². The van der Waals surface area contributed by atoms with Crippen LogP contribution in [0.5, 0.6) is 0 Å². The summed E-state index contributed by atoms with van der Waals surface area (Å²) in [5, 5.41) is 20.3. The van der Waals surface area contributed by atoms with Gasteiger partial charge in [0.2, 0.25) is 0 Å². The Balaban J connectivity index is 1.28. The van der Waals surface area contributed by atoms with E-state index in [2.05, 4.69) is 34.4 Å². The smallest absolute Gasteiger partial charge is 0.321 e. The number of hydrogen-bond acceptors (Lipinski definition) is 7. The fraction of sp³-hybridized carbons (Fsp3) is 0.414. The number of amides is 4. The van der Waals surface area contributed by atoms with Gasteiger partial charge in [-0.3, -0.25) is 14.3 Å². The Bertz CT molecular complexity index is 1430. The Morgan fingerprint density at radius 3 is 2.49 bits per heavy atom. The predicted molar refractivity (Wildman–Crippen MR) is 155 cm³/mol. The van der Waals surface area contributed by atoms with Crippen LogP contribution >= 0.6 is 0 Å². The van der Waals surface area contributed by atoms with Crippen LogP contribution in [0.3, 0.4) is 0 Å². The topological polar surface area (TPSA) is 136 Å². The number of aromatic nitrogens is 3. The number of nitrogens with one attached hydrogen (secondary N) is 2. The highest BCUT2D eigenvalue weighted by Crippen LogP contribution is 2.29. The summed E-state index contributed by atoms with van der Waals surface area (Å²) in [6, 6.07) is 10.9. The van der Waals surface area contributed by atoms with E-state index in [4.69, 9.17) is 5.10 Å². The minimum atomic E-state index is -0.952. The molecular weight excluding hydrogens is 524 g/mol. The van der Waals surface area contributed by atoms with Crippen molar-refractivity contribution in [3.63, 3.8) is 0 Å². The van der Waals surface area contributed by atoms with E-state index >= 15 is 0 Å². The Hall–Kier alpha value is -4.45. The lowest BCUT2D eigenvalue weighted by molar-refractivity contribution is -0.124. The second kappa shape index (κ2) is 11.6. The van der Waals surface area contributed by atoms with Crippen LogP contribution in [0, 0.1) is 0 Å². The first-order valence-corrected chi connectivity index (χ1v) is 13.8. The molecule has 2 aromatic heterocycles. The van der Waals surface area contributed by atoms with Crippen molar-refractivity contribution in [2.24, 2.45) is 0 Å². The molecule has 1 fully saturated rings. The number of rotatable bonds is 7. The number of hydrogen-bond donors (Lipinski definition) is 3. The van der Waals surface area contributed by atoms with E-state index in [1.54, 1.807) is 37.3 Å². The molecule has 3 N–H and O–H groups in total. The molecule has 0 aliphatic carbocycles. The zero-order valence-electron chi connectivity index (χ0n) is 23.8. The zero-order valence-corrected chi connectivity index (χ0v) is 23.8. The molecule has 5 rings (SSSR count). The van der Waals surface area contributed by atoms with Crippen LogP contribution in [0.2, 0.25) is 0 Å². The lowest BCUT2D eigenvalue weighted by Crippen LogP contribution is -2.33. The van der Waals surface area contributed by atoms with Crippen molar-refractivity contribution in [3.8, 4) is 0 Å². The molecule has 2 aliphatic rings. The second-order valence-electron chi connectivity index (χ2n) is 10.9. The highest BCUT2D eigenvalue weighted by atomic mass is 16.3. The number of aliphatic hydroxyl groups excluding tert-OH is 1. The van der Waals surface area contributed by atoms with Crippen LogP contribution in [0.4, 0.5) is 22.0 Å². The van der Waals surface area contributed by atoms with Gasteiger partial charge in [-0.1, -0.05) is 12.1 Å². The van der Waals surface area contributed by atoms with Gasteiger partial charge >= 0.3 is 6.03 Å². The van der Waals surface area contributed by atoms with Crippen molar-refractivity contribution in [3.05, 3.63) is 65.1 Å². The summed E-state index contributed by atoms with van der Waals surface area (Å²) in [5.41, 5.74) is 4.57. The van der Waals surface area contributed by atoms with E-state index in [-0.39, 0.29) is 23.9 Å². The number of fused-ring (bicyclic) bond motifs is 1. The van der Waals surface area contributed by atoms with Gasteiger partial charge in [0.1, 0.15) is 11.9 Å². The normalized spacial score (nSPS) is 16.6. The van der Waals surface area contributed by atoms with Crippen LogP contribution in [0.25, 0.3) is 0 Å². The maximum atomic E-state index is 13.4. The molecule has 1 saturated heterocycles. The van der Waals surface area contributed by atoms with Crippen molar-refractivity contribution in [2.45, 2.75) is 51.9 Å². The third-order valence-corrected chi connectivity index (χ3v) is 7.40. The maximum Gasteiger partial charge on any atom is 0.321 e. The molecule has 2 aliphatic heterocycles. The van der Waals surface area contributed by atoms with Gasteiger partial charge in [-0.2, -0.15) is 5.10 Å². The molecule has 12 nitrogen and oxygen atoms in total. The average molecular weight is 561 g/mol. The molecule has 216 valence electrons. The minimum Gasteiger partial charge on any atom is -0.383 e. The van der Waals surface area contributed by atoms with E-state index in [0.29, 0.717) is 49.5 Å². The fourth-order valence-electron chi connectivity index (χ4n) is 5.10. The average Bonchev–Trinajstić information content (AvgIpc) is 3.52. The molecule has 0 radical (unpaired) electrons. The summed E-state index contributed by atoms with van der Waals surface area (Å²) in [6.07, 6.45) is 1.84. The highest BCUT2D eigenvalue weighted by Gasteiger charge is 2.32. The number of pyridine rings is 1. The number of anilines is 3. The Kier molecular flexibility index (Phi) is 7.93. The molecule has 12 heteroatoms. The van der Waals surface area contributed by atoms with Crippen LogP contribution in [0.15, 0.2) is 42.6 Å². The number of carbonyl (C=O) groups is 3. The van der Waals surface area contributed by atoms with Crippen molar-refractivity contribution in [2.75, 3.05) is 42.3 Å². The van der Waals surface area contributed by atoms with E-state index in [9.17, 15) is 19.5 Å². The molecule has 1 unspecified atom stereocenters. The van der Waals surface area contributed by atoms with Gasteiger partial charge < -0.3 is 30.4 Å². The summed E-state index contributed by atoms with van der Waals surface area (Å²) in [6.45, 7) is 6.10. The van der Waals surface area contributed by atoms with Gasteiger partial charge in [0, 0.05) is 76.1 Å². The van der Waals surface area contributed by atoms with Crippen molar-refractivity contribution >= 4 is 35.0 Å². The molecular formula is C29H36N8O4. The first-order chi connectivity index (χ1) is 19.6. The monoisotopic (exact) mass is 560 g/mol. The molecule has 1 aromatic carbocycles. The molecule has 0 spiro atoms. The lowest BCUT2D eigenvalue weighted by atomic mass is 10.0. The zero-order chi connectivity index (χ0) is 29.3. The predicted octanol–water partition coefficient (Wildman–Crippen LogP) is 2.54. The molecule has 1 atom stereocenters. The van der Waals surface area contributed by atoms with E-state index in [0.717, 1.165) is 29.2 Å². The summed E-state index contributed by atoms with van der Waals surface area (Å²) >= 11 is 0. The molecule has 0 bridgehead atoms. The number of nitrogens with zero attached hydrogens (tertiary/aromatic N) is 6. The Morgan fingerprint density at radius 2 is 1.88 bits per heavy atom. The van der Waals surface area contributed by atoms with Gasteiger partial charge in [0.05, 0.1) is 11.9 Å². The molecule has 41 heavy (non-hydrogen) atoms. The van der Waals surface area contributed by atoms with Gasteiger partial charge in [0.25, 0.3) is 11.8 Å². The van der Waals surface area contributed by atoms with Gasteiger partial charge in [0.15, 0.2) is 5.69 Å². The van der Waals surface area contributed by atoms with Crippen LogP contribution < -0.4 is 20.4 Å². The maximum absolute atomic E-state index is 13.4. The Morgan fingerprint density at radius 1 is 1.12 bits per heavy atom. The molecule has 4 heterocycles. The third kappa shape index (κ3) is 5.87. The summed E-state index contributed by atoms with van der Waals surface area (Å²) < 4.78 is 1.94. The standard InChI is InChI=1S/C29H36N8O4/c1-18(2)37-23-11-13-35(25-10-9-21(16-30-25)36-14-12-24(38)28(36)40)17-22(23)26(33-37)27(39)31-15-19-5-7-20(8-6-19)32-29(41)34(3)4/h5-10,16,18,24,38H,11-15,17H2,1-4H3,(H,31,39)(H,32,41). The van der Waals surface area contributed by atoms with Gasteiger partial charge in [-0.25, -0.2) is 9.78 Å². The second-order valence-corrected chi connectivity index (χ2v) is 10.9. The quantitative estimate of drug-likeness (QED) is 0.404. The van der Waals surface area contributed by atoms with Gasteiger partial charge in [-0.05, 0) is 43.7 Å². The third-order valence-electron chi connectivity index (χ3n) is 7.40. The van der Waals surface area contributed by atoms with Crippen LogP contribution in [-0.4, -0.2) is 75.9 Å². The minimum absolute atomic E-state index is 0.104. The fourth-order valence-corrected chi connectivity index (χ4v) is 5.10. The molecule has 0 saturated carbocycles. The number of benzene rings is 1. The van der Waals surface area contributed by atoms with Gasteiger partial charge in [-0.15, -0.1) is 0 Å². The lowest BCUT2D eigenvalue weighted by Gasteiger charge is -2.29. The first-order valence-electron chi connectivity index (χ1n) is 13.8. The number of aliphatic hydroxyl groups is 1. The van der Waals surface area contributed by atoms with Crippen LogP contribution in [-0.2, 0) is 24.3 Å². The highest BCUT2D eigenvalue weighted by molar-refractivity contribution is 5.98. The largest absolute Gasteiger partial charge is 0.383 e. The van der Waals surface area contributed by atoms with E-state index in [1.165, 1.54) is 4.90 Å². The summed E-state index contributed by atoms with van der Waals surface area (Å²) in [4.78, 5) is 47.1.